The molecule has 2 aromatic carbocycles. The van der Waals surface area contributed by atoms with Crippen LogP contribution in [0.1, 0.15) is 38.4 Å². The topological polar surface area (TPSA) is 35.5 Å². The molecule has 0 aliphatic carbocycles. The zero-order valence-electron chi connectivity index (χ0n) is 11.7. The van der Waals surface area contributed by atoms with Crippen molar-refractivity contribution >= 4 is 62.9 Å². The second-order valence-corrected chi connectivity index (χ2v) is 9.62. The predicted molar refractivity (Wildman–Crippen MR) is 105 cm³/mol. The van der Waals surface area contributed by atoms with Gasteiger partial charge in [-0.15, -0.1) is 11.8 Å². The number of ether oxygens (including phenoxy) is 2. The van der Waals surface area contributed by atoms with Gasteiger partial charge in [-0.1, -0.05) is 24.3 Å². The molecule has 1 saturated heterocycles. The van der Waals surface area contributed by atoms with Crippen LogP contribution in [-0.4, -0.2) is 11.8 Å². The maximum absolute atomic E-state index is 12.6. The fourth-order valence-electron chi connectivity index (χ4n) is 3.65. The van der Waals surface area contributed by atoms with Crippen molar-refractivity contribution in [3.63, 3.8) is 0 Å². The third-order valence-electron chi connectivity index (χ3n) is 4.57. The lowest BCUT2D eigenvalue weighted by Crippen LogP contribution is -2.47. The van der Waals surface area contributed by atoms with E-state index < -0.39 is 5.79 Å². The number of rotatable bonds is 0. The first-order chi connectivity index (χ1) is 11.1. The van der Waals surface area contributed by atoms with E-state index in [4.69, 9.17) is 9.47 Å². The highest BCUT2D eigenvalue weighted by molar-refractivity contribution is 14.1. The van der Waals surface area contributed by atoms with E-state index in [1.54, 1.807) is 0 Å². The number of esters is 1. The molecular formula is C17H10I2O3S. The Morgan fingerprint density at radius 2 is 1.91 bits per heavy atom. The maximum atomic E-state index is 12.6. The molecule has 3 heterocycles. The molecule has 1 fully saturated rings. The first-order valence-corrected chi connectivity index (χ1v) is 10.3. The van der Waals surface area contributed by atoms with Gasteiger partial charge in [0.25, 0.3) is 5.79 Å². The van der Waals surface area contributed by atoms with Crippen molar-refractivity contribution < 1.29 is 14.3 Å². The van der Waals surface area contributed by atoms with Crippen LogP contribution in [0.4, 0.5) is 0 Å². The van der Waals surface area contributed by atoms with Crippen molar-refractivity contribution in [1.29, 1.82) is 0 Å². The molecule has 0 amide bonds. The van der Waals surface area contributed by atoms with Crippen LogP contribution in [-0.2, 0) is 4.74 Å². The summed E-state index contributed by atoms with van der Waals surface area (Å²) in [6.07, 6.45) is 0.715. The van der Waals surface area contributed by atoms with Gasteiger partial charge in [-0.2, -0.15) is 0 Å². The van der Waals surface area contributed by atoms with E-state index in [1.807, 2.05) is 30.0 Å². The van der Waals surface area contributed by atoms with Crippen LogP contribution in [0.3, 0.4) is 0 Å². The van der Waals surface area contributed by atoms with E-state index >= 15 is 0 Å². The summed E-state index contributed by atoms with van der Waals surface area (Å²) in [7, 11) is 0. The quantitative estimate of drug-likeness (QED) is 0.341. The number of hydrogen-bond donors (Lipinski definition) is 0. The number of halogens is 2. The number of fused-ring (bicyclic) bond motifs is 7. The Labute approximate surface area is 164 Å². The van der Waals surface area contributed by atoms with Gasteiger partial charge in [-0.3, -0.25) is 0 Å². The van der Waals surface area contributed by atoms with Crippen LogP contribution in [0.2, 0.25) is 0 Å². The molecule has 0 radical (unpaired) electrons. The van der Waals surface area contributed by atoms with Gasteiger partial charge < -0.3 is 9.47 Å². The predicted octanol–water partition coefficient (Wildman–Crippen LogP) is 5.07. The Bertz CT molecular complexity index is 869. The fraction of sp³-hybridized carbons (Fsp3) is 0.235. The molecule has 3 atom stereocenters. The van der Waals surface area contributed by atoms with E-state index in [2.05, 4.69) is 63.4 Å². The summed E-state index contributed by atoms with van der Waals surface area (Å²) in [5.74, 6) is -0.470. The van der Waals surface area contributed by atoms with Gasteiger partial charge in [-0.25, -0.2) is 4.79 Å². The van der Waals surface area contributed by atoms with Crippen molar-refractivity contribution in [2.45, 2.75) is 22.7 Å². The normalized spacial score (nSPS) is 29.9. The molecule has 6 heteroatoms. The summed E-state index contributed by atoms with van der Waals surface area (Å²) in [5.41, 5.74) is 3.15. The Balaban J connectivity index is 1.63. The van der Waals surface area contributed by atoms with Gasteiger partial charge in [0.1, 0.15) is 16.6 Å². The van der Waals surface area contributed by atoms with E-state index in [1.165, 1.54) is 11.1 Å². The second-order valence-electron chi connectivity index (χ2n) is 5.90. The van der Waals surface area contributed by atoms with Crippen LogP contribution < -0.4 is 4.74 Å². The number of hydrogen-bond acceptors (Lipinski definition) is 4. The molecule has 1 spiro atoms. The molecule has 2 aromatic rings. The Morgan fingerprint density at radius 3 is 2.74 bits per heavy atom. The van der Waals surface area contributed by atoms with Crippen molar-refractivity contribution in [3.05, 3.63) is 60.2 Å². The molecule has 5 rings (SSSR count). The summed E-state index contributed by atoms with van der Waals surface area (Å²) < 4.78 is 14.2. The minimum Gasteiger partial charge on any atom is -0.450 e. The molecular weight excluding hydrogens is 538 g/mol. The van der Waals surface area contributed by atoms with Crippen LogP contribution in [0.15, 0.2) is 36.4 Å². The third kappa shape index (κ3) is 2.03. The first kappa shape index (κ1) is 14.8. The molecule has 0 aromatic heterocycles. The summed E-state index contributed by atoms with van der Waals surface area (Å²) in [6, 6.07) is 12.3. The summed E-state index contributed by atoms with van der Waals surface area (Å²) >= 11 is 6.26. The van der Waals surface area contributed by atoms with E-state index in [0.29, 0.717) is 23.0 Å². The summed E-state index contributed by atoms with van der Waals surface area (Å²) in [6.45, 7) is 0. The van der Waals surface area contributed by atoms with Crippen LogP contribution in [0.5, 0.6) is 5.75 Å². The average molecular weight is 548 g/mol. The number of thioether (sulfide) groups is 1. The lowest BCUT2D eigenvalue weighted by atomic mass is 9.86. The van der Waals surface area contributed by atoms with Crippen molar-refractivity contribution in [3.8, 4) is 5.75 Å². The molecule has 0 N–H and O–H groups in total. The molecule has 2 bridgehead atoms. The van der Waals surface area contributed by atoms with Crippen molar-refractivity contribution in [2.24, 2.45) is 0 Å². The second kappa shape index (κ2) is 5.01. The molecule has 0 saturated carbocycles. The third-order valence-corrected chi connectivity index (χ3v) is 7.67. The first-order valence-electron chi connectivity index (χ1n) is 7.23. The van der Waals surface area contributed by atoms with E-state index in [9.17, 15) is 4.79 Å². The minimum atomic E-state index is -0.860. The standard InChI is InChI=1S/C17H10I2O3S/c18-8-5-11(19)14-12(6-8)21-17(22-16(14)20)7-13-9-3-1-2-4-10(9)15(17)23-13/h1-6,13,15H,7H2. The van der Waals surface area contributed by atoms with Gasteiger partial charge in [0.05, 0.1) is 0 Å². The molecule has 23 heavy (non-hydrogen) atoms. The highest BCUT2D eigenvalue weighted by Crippen LogP contribution is 2.67. The SMILES string of the molecule is O=C1OC2(CC3SC2c2ccccc23)Oc2cc(I)cc(I)c21. The number of carbonyl (C=O) groups excluding carboxylic acids is 1. The van der Waals surface area contributed by atoms with Crippen LogP contribution >= 0.6 is 56.9 Å². The summed E-state index contributed by atoms with van der Waals surface area (Å²) in [5, 5.41) is 0.392. The minimum absolute atomic E-state index is 0.0522. The molecule has 3 aliphatic heterocycles. The zero-order valence-corrected chi connectivity index (χ0v) is 16.8. The Morgan fingerprint density at radius 1 is 1.13 bits per heavy atom. The van der Waals surface area contributed by atoms with Gasteiger partial charge in [-0.05, 0) is 68.4 Å². The largest absolute Gasteiger partial charge is 0.450 e. The van der Waals surface area contributed by atoms with Crippen molar-refractivity contribution in [2.75, 3.05) is 0 Å². The smallest absolute Gasteiger partial charge is 0.346 e. The number of carbonyl (C=O) groups is 1. The number of benzene rings is 2. The monoisotopic (exact) mass is 548 g/mol. The van der Waals surface area contributed by atoms with Crippen LogP contribution in [0.25, 0.3) is 0 Å². The fourth-order valence-corrected chi connectivity index (χ4v) is 7.44. The molecule has 3 unspecified atom stereocenters. The van der Waals surface area contributed by atoms with E-state index in [-0.39, 0.29) is 11.2 Å². The van der Waals surface area contributed by atoms with Crippen LogP contribution in [0, 0.1) is 7.14 Å². The van der Waals surface area contributed by atoms with Gasteiger partial charge in [0, 0.05) is 18.8 Å². The maximum Gasteiger partial charge on any atom is 0.346 e. The lowest BCUT2D eigenvalue weighted by molar-refractivity contribution is -0.157. The highest BCUT2D eigenvalue weighted by Gasteiger charge is 2.61. The van der Waals surface area contributed by atoms with Gasteiger partial charge in [0.2, 0.25) is 0 Å². The molecule has 3 nitrogen and oxygen atoms in total. The lowest BCUT2D eigenvalue weighted by Gasteiger charge is -2.40. The zero-order chi connectivity index (χ0) is 15.8. The van der Waals surface area contributed by atoms with Gasteiger partial charge in [0.15, 0.2) is 0 Å². The Kier molecular flexibility index (Phi) is 3.23. The average Bonchev–Trinajstić information content (AvgIpc) is 3.02. The van der Waals surface area contributed by atoms with E-state index in [0.717, 1.165) is 7.14 Å². The van der Waals surface area contributed by atoms with Gasteiger partial charge >= 0.3 is 5.97 Å². The Hall–Kier alpha value is -0.480. The highest BCUT2D eigenvalue weighted by atomic mass is 127. The molecule has 3 aliphatic rings. The molecule has 116 valence electrons. The summed E-state index contributed by atoms with van der Waals surface area (Å²) in [4.78, 5) is 12.6. The van der Waals surface area contributed by atoms with Crippen molar-refractivity contribution in [1.82, 2.24) is 0 Å².